The zero-order valence-corrected chi connectivity index (χ0v) is 67.7. The van der Waals surface area contributed by atoms with Crippen LogP contribution in [0.25, 0.3) is 0 Å². The lowest BCUT2D eigenvalue weighted by atomic mass is 9.89. The Morgan fingerprint density at radius 1 is 0.465 bits per heavy atom. The Hall–Kier alpha value is -11.1. The van der Waals surface area contributed by atoms with Gasteiger partial charge in [0.1, 0.15) is 17.3 Å². The number of hydrogen-bond donors (Lipinski definition) is 1. The zero-order valence-electron chi connectivity index (χ0n) is 65.4. The molecule has 0 saturated carbocycles. The third-order valence-corrected chi connectivity index (χ3v) is 21.2. The molecule has 114 heavy (non-hydrogen) atoms. The van der Waals surface area contributed by atoms with Crippen molar-refractivity contribution in [2.24, 2.45) is 0 Å². The number of nitrogens with one attached hydrogen (secondary N) is 1. The summed E-state index contributed by atoms with van der Waals surface area (Å²) in [5.41, 5.74) is 9.14. The van der Waals surface area contributed by atoms with E-state index >= 15 is 0 Å². The number of carbonyl (C=O) groups is 8. The van der Waals surface area contributed by atoms with Crippen molar-refractivity contribution in [1.29, 1.82) is 0 Å². The second-order valence-corrected chi connectivity index (χ2v) is 29.6. The summed E-state index contributed by atoms with van der Waals surface area (Å²) in [6, 6.07) is 61.7. The summed E-state index contributed by atoms with van der Waals surface area (Å²) in [5, 5.41) is 4.59. The van der Waals surface area contributed by atoms with Crippen LogP contribution in [0.4, 0.5) is 39.9 Å². The number of amides is 7. The van der Waals surface area contributed by atoms with Gasteiger partial charge in [-0.15, -0.1) is 0 Å². The lowest BCUT2D eigenvalue weighted by Crippen LogP contribution is -2.47. The molecule has 0 spiro atoms. The molecule has 1 saturated heterocycles. The minimum atomic E-state index is -0.236. The number of hydrogen-bond acceptors (Lipinski definition) is 14. The van der Waals surface area contributed by atoms with Gasteiger partial charge in [-0.2, -0.15) is 0 Å². The highest BCUT2D eigenvalue weighted by Crippen LogP contribution is 2.47. The lowest BCUT2D eigenvalue weighted by Gasteiger charge is -2.43. The summed E-state index contributed by atoms with van der Waals surface area (Å²) < 4.78 is 21.9. The van der Waals surface area contributed by atoms with Crippen molar-refractivity contribution < 1.29 is 57.3 Å². The van der Waals surface area contributed by atoms with E-state index in [0.717, 1.165) is 69.7 Å². The number of esters is 1. The second-order valence-electron chi connectivity index (χ2n) is 28.3. The van der Waals surface area contributed by atoms with E-state index < -0.39 is 0 Å². The highest BCUT2D eigenvalue weighted by Gasteiger charge is 2.42. The van der Waals surface area contributed by atoms with Gasteiger partial charge in [0.2, 0.25) is 23.6 Å². The molecule has 0 radical (unpaired) electrons. The van der Waals surface area contributed by atoms with Crippen LogP contribution in [0.15, 0.2) is 212 Å². The number of nitrogens with zero attached hydrogens (tertiary/aromatic N) is 8. The van der Waals surface area contributed by atoms with Crippen LogP contribution in [0, 0.1) is 0 Å². The number of benzene rings is 8. The molecule has 4 aliphatic rings. The topological polar surface area (TPSA) is 221 Å². The number of anilines is 7. The molecule has 1 aromatic heterocycles. The van der Waals surface area contributed by atoms with Crippen molar-refractivity contribution in [3.05, 3.63) is 261 Å². The highest BCUT2D eigenvalue weighted by atomic mass is 35.5. The average Bonchev–Trinajstić information content (AvgIpc) is 0.766. The predicted molar refractivity (Wildman–Crippen MR) is 449 cm³/mol. The fourth-order valence-electron chi connectivity index (χ4n) is 15.2. The summed E-state index contributed by atoms with van der Waals surface area (Å²) in [7, 11) is 0. The quantitative estimate of drug-likeness (QED) is 0.0493. The number of morpholine rings is 1. The van der Waals surface area contributed by atoms with Crippen LogP contribution in [-0.2, 0) is 33.4 Å². The zero-order chi connectivity index (χ0) is 81.1. The number of carbonyl (C=O) groups excluding carboxylic acids is 8. The van der Waals surface area contributed by atoms with Crippen molar-refractivity contribution in [3.8, 4) is 11.5 Å². The van der Waals surface area contributed by atoms with Crippen LogP contribution in [0.1, 0.15) is 166 Å². The smallest absolute Gasteiger partial charge is 0.305 e. The molecule has 13 rings (SSSR count). The number of fused-ring (bicyclic) bond motifs is 3. The summed E-state index contributed by atoms with van der Waals surface area (Å²) in [6.45, 7) is 19.0. The van der Waals surface area contributed by atoms with Gasteiger partial charge >= 0.3 is 5.97 Å². The van der Waals surface area contributed by atoms with E-state index in [2.05, 4.69) is 15.2 Å². The Morgan fingerprint density at radius 2 is 0.825 bits per heavy atom. The molecule has 21 nitrogen and oxygen atoms in total. The summed E-state index contributed by atoms with van der Waals surface area (Å²) in [5.74, 6) is 1.30. The Balaban J connectivity index is 0.000000169. The number of pyridine rings is 1. The van der Waals surface area contributed by atoms with Crippen LogP contribution in [0.2, 0.25) is 15.1 Å². The molecule has 7 amide bonds. The SMILES string of the molecule is CC(=O)N(c1ccc(Cl)cc1)[C@@H]1C[C@H](C)N(C(=O)c2ccnc(N3CCOCC3)c2)c2ccccc21.CCNC(=O)CCCOc1ccc(C(=O)N2c3ccccc3[C@H](N(C(C)=O)c3ccc(Cl)cc3)C[C@@H]2C)cc1.CCOC(=O)CCCOc1ccc(C(=O)N2c3ccccc3[C@H](N(C(C)=O)c3ccc(Cl)cc3)C[C@@H]2C)cc1. The highest BCUT2D eigenvalue weighted by molar-refractivity contribution is 6.31. The molecule has 4 aliphatic heterocycles. The van der Waals surface area contributed by atoms with Gasteiger partial charge in [0.05, 0.1) is 51.2 Å². The van der Waals surface area contributed by atoms with E-state index in [0.29, 0.717) is 128 Å². The number of para-hydroxylation sites is 3. The number of aromatic nitrogens is 1. The van der Waals surface area contributed by atoms with E-state index in [1.54, 1.807) is 144 Å². The van der Waals surface area contributed by atoms with Crippen LogP contribution in [0.3, 0.4) is 0 Å². The molecule has 9 aromatic rings. The first-order valence-electron chi connectivity index (χ1n) is 38.6. The maximum absolute atomic E-state index is 13.9. The maximum Gasteiger partial charge on any atom is 0.305 e. The normalized spacial score (nSPS) is 17.3. The lowest BCUT2D eigenvalue weighted by molar-refractivity contribution is -0.143. The van der Waals surface area contributed by atoms with Crippen LogP contribution in [-0.4, -0.2) is 123 Å². The summed E-state index contributed by atoms with van der Waals surface area (Å²) in [4.78, 5) is 120. The van der Waals surface area contributed by atoms with Crippen molar-refractivity contribution >= 4 is 122 Å². The van der Waals surface area contributed by atoms with Gasteiger partial charge in [-0.25, -0.2) is 4.98 Å². The fourth-order valence-corrected chi connectivity index (χ4v) is 15.6. The third-order valence-electron chi connectivity index (χ3n) is 20.4. The minimum Gasteiger partial charge on any atom is -0.494 e. The Bertz CT molecular complexity index is 4640. The summed E-state index contributed by atoms with van der Waals surface area (Å²) >= 11 is 18.3. The molecule has 8 aromatic carbocycles. The second kappa shape index (κ2) is 39.6. The predicted octanol–water partition coefficient (Wildman–Crippen LogP) is 17.9. The van der Waals surface area contributed by atoms with Gasteiger partial charge in [-0.05, 0) is 235 Å². The monoisotopic (exact) mass is 1600 g/mol. The first-order chi connectivity index (χ1) is 55.0. The molecule has 0 unspecified atom stereocenters. The molecule has 0 aliphatic carbocycles. The molecular weight excluding hydrogens is 1510 g/mol. The van der Waals surface area contributed by atoms with Crippen molar-refractivity contribution in [2.75, 3.05) is 87.0 Å². The van der Waals surface area contributed by atoms with Gasteiger partial charge in [0.25, 0.3) is 17.7 Å². The Morgan fingerprint density at radius 3 is 1.18 bits per heavy atom. The first-order valence-corrected chi connectivity index (χ1v) is 39.8. The van der Waals surface area contributed by atoms with Crippen LogP contribution < -0.4 is 49.1 Å². The van der Waals surface area contributed by atoms with Gasteiger partial charge < -0.3 is 58.6 Å². The molecule has 1 fully saturated rings. The van der Waals surface area contributed by atoms with E-state index in [9.17, 15) is 38.4 Å². The van der Waals surface area contributed by atoms with Gasteiger partial charge in [0.15, 0.2) is 0 Å². The molecule has 24 heteroatoms. The number of rotatable bonds is 22. The summed E-state index contributed by atoms with van der Waals surface area (Å²) in [6.07, 6.45) is 5.34. The number of ether oxygens (including phenoxy) is 4. The molecule has 6 atom stereocenters. The maximum atomic E-state index is 13.9. The van der Waals surface area contributed by atoms with Crippen molar-refractivity contribution in [2.45, 2.75) is 137 Å². The Labute approximate surface area is 681 Å². The fraction of sp³-hybridized carbons (Fsp3) is 0.322. The molecule has 0 bridgehead atoms. The number of halogens is 3. The van der Waals surface area contributed by atoms with Crippen molar-refractivity contribution in [1.82, 2.24) is 10.3 Å². The van der Waals surface area contributed by atoms with Crippen molar-refractivity contribution in [3.63, 3.8) is 0 Å². The first kappa shape index (κ1) is 83.8. The largest absolute Gasteiger partial charge is 0.494 e. The standard InChI is InChI=1S/C31H34ClN3O4.C31H33ClN2O5.C28H29ClN4O3/c1-4-33-30(37)10-7-19-39-26-17-11-23(12-18-26)31(38)34-21(2)20-29(27-8-5-6-9-28(27)34)35(22(3)36)25-15-13-24(32)14-16-25;1-4-38-30(36)10-7-19-39-26-17-11-23(12-18-26)31(37)33-21(2)20-29(27-8-5-6-9-28(27)33)34(22(3)35)25-15-13-24(32)14-16-25;1-19-17-26(33(20(2)34)23-9-7-22(29)8-10-23)24-5-3-4-6-25(24)32(19)28(35)21-11-12-30-27(18-21)31-13-15-36-16-14-31/h5-6,8-9,11-18,21,29H,4,7,10,19-20H2,1-3H3,(H,33,37);5-6,8-9,11-18,21,29H,4,7,10,19-20H2,1-3H3;3-12,18-19,26H,13-17H2,1-2H3/t2*21-,29+;19-,26+/m000/s1. The average molecular weight is 1600 g/mol. The van der Waals surface area contributed by atoms with Crippen LogP contribution >= 0.6 is 34.8 Å². The van der Waals surface area contributed by atoms with E-state index in [-0.39, 0.29) is 83.6 Å². The van der Waals surface area contributed by atoms with Gasteiger partial charge in [-0.3, -0.25) is 38.4 Å². The Kier molecular flexibility index (Phi) is 29.1. The third kappa shape index (κ3) is 20.5. The van der Waals surface area contributed by atoms with E-state index in [4.69, 9.17) is 53.8 Å². The molecule has 5 heterocycles. The molecule has 1 N–H and O–H groups in total. The van der Waals surface area contributed by atoms with Gasteiger partial charge in [-0.1, -0.05) is 89.4 Å². The molecular formula is C90H96Cl3N9O12. The van der Waals surface area contributed by atoms with E-state index in [1.165, 1.54) is 0 Å². The van der Waals surface area contributed by atoms with Gasteiger partial charge in [0, 0.05) is 143 Å². The van der Waals surface area contributed by atoms with Crippen LogP contribution in [0.5, 0.6) is 11.5 Å². The minimum absolute atomic E-state index is 0.0137. The molecule has 594 valence electrons. The van der Waals surface area contributed by atoms with E-state index in [1.807, 2.05) is 153 Å².